The largest absolute Gasteiger partial charge is 0.375 e. The van der Waals surface area contributed by atoms with Crippen molar-refractivity contribution < 1.29 is 9.53 Å². The minimum atomic E-state index is -0.178. The van der Waals surface area contributed by atoms with Gasteiger partial charge in [-0.25, -0.2) is 0 Å². The Bertz CT molecular complexity index is 979. The molecule has 1 amide bonds. The van der Waals surface area contributed by atoms with Crippen molar-refractivity contribution in [3.8, 4) is 0 Å². The standard InChI is InChI=1S/C22H29N5O2S/c1-15(2)21(23-20(28)14-29-3)22-25-24-19-8-9-26(10-11-27(19)22)13-17-12-16-6-4-5-7-18(16)30-17/h4-7,12,15,21H,8-11,13-14H2,1-3H3,(H,23,28)/t21-/m1/s1. The first-order valence-electron chi connectivity index (χ1n) is 10.4. The maximum atomic E-state index is 12.1. The fourth-order valence-electron chi connectivity index (χ4n) is 3.99. The van der Waals surface area contributed by atoms with Gasteiger partial charge >= 0.3 is 0 Å². The number of nitrogens with one attached hydrogen (secondary N) is 1. The van der Waals surface area contributed by atoms with Gasteiger partial charge in [-0.2, -0.15) is 0 Å². The SMILES string of the molecule is COCC(=O)N[C@@H](c1nnc2n1CCN(Cc1cc3ccccc3s1)CC2)C(C)C. The van der Waals surface area contributed by atoms with Gasteiger partial charge in [0, 0.05) is 49.3 Å². The van der Waals surface area contributed by atoms with Crippen molar-refractivity contribution in [3.05, 3.63) is 46.9 Å². The number of fused-ring (bicyclic) bond motifs is 2. The first-order valence-corrected chi connectivity index (χ1v) is 11.3. The molecule has 0 radical (unpaired) electrons. The number of methoxy groups -OCH3 is 1. The number of aromatic nitrogens is 3. The van der Waals surface area contributed by atoms with Gasteiger partial charge in [-0.1, -0.05) is 32.0 Å². The zero-order valence-corrected chi connectivity index (χ0v) is 18.6. The lowest BCUT2D eigenvalue weighted by molar-refractivity contribution is -0.125. The highest BCUT2D eigenvalue weighted by atomic mass is 32.1. The zero-order chi connectivity index (χ0) is 21.1. The van der Waals surface area contributed by atoms with Crippen LogP contribution in [0.3, 0.4) is 0 Å². The van der Waals surface area contributed by atoms with Crippen LogP contribution in [0.2, 0.25) is 0 Å². The second kappa shape index (κ2) is 9.24. The Morgan fingerprint density at radius 1 is 1.23 bits per heavy atom. The molecule has 0 saturated carbocycles. The molecule has 0 bridgehead atoms. The van der Waals surface area contributed by atoms with Crippen LogP contribution in [-0.2, 0) is 29.0 Å². The van der Waals surface area contributed by atoms with Crippen LogP contribution in [0.15, 0.2) is 30.3 Å². The number of hydrogen-bond donors (Lipinski definition) is 1. The Morgan fingerprint density at radius 3 is 2.83 bits per heavy atom. The zero-order valence-electron chi connectivity index (χ0n) is 17.8. The minimum Gasteiger partial charge on any atom is -0.375 e. The summed E-state index contributed by atoms with van der Waals surface area (Å²) >= 11 is 1.87. The molecule has 1 N–H and O–H groups in total. The van der Waals surface area contributed by atoms with E-state index in [9.17, 15) is 4.79 Å². The molecule has 4 rings (SSSR count). The molecule has 0 aliphatic carbocycles. The topological polar surface area (TPSA) is 72.3 Å². The highest BCUT2D eigenvalue weighted by Gasteiger charge is 2.27. The lowest BCUT2D eigenvalue weighted by Gasteiger charge is -2.23. The van der Waals surface area contributed by atoms with Gasteiger partial charge in [-0.15, -0.1) is 21.5 Å². The van der Waals surface area contributed by atoms with Crippen molar-refractivity contribution >= 4 is 27.3 Å². The quantitative estimate of drug-likeness (QED) is 0.628. The summed E-state index contributed by atoms with van der Waals surface area (Å²) < 4.78 is 8.50. The number of carbonyl (C=O) groups excluding carboxylic acids is 1. The third-order valence-electron chi connectivity index (χ3n) is 5.54. The van der Waals surface area contributed by atoms with E-state index in [0.29, 0.717) is 0 Å². The molecule has 3 aromatic rings. The lowest BCUT2D eigenvalue weighted by atomic mass is 10.0. The van der Waals surface area contributed by atoms with Gasteiger partial charge in [0.25, 0.3) is 0 Å². The summed E-state index contributed by atoms with van der Waals surface area (Å²) in [4.78, 5) is 16.0. The highest BCUT2D eigenvalue weighted by Crippen LogP contribution is 2.27. The number of nitrogens with zero attached hydrogens (tertiary/aromatic N) is 4. The summed E-state index contributed by atoms with van der Waals surface area (Å²) in [5, 5.41) is 13.3. The molecule has 1 aliphatic rings. The van der Waals surface area contributed by atoms with Crippen molar-refractivity contribution in [2.45, 2.75) is 39.4 Å². The van der Waals surface area contributed by atoms with E-state index in [1.807, 2.05) is 11.3 Å². The van der Waals surface area contributed by atoms with Gasteiger partial charge in [-0.05, 0) is 23.4 Å². The number of hydrogen-bond acceptors (Lipinski definition) is 6. The lowest BCUT2D eigenvalue weighted by Crippen LogP contribution is -2.36. The summed E-state index contributed by atoms with van der Waals surface area (Å²) in [6, 6.07) is 10.7. The van der Waals surface area contributed by atoms with Gasteiger partial charge in [-0.3, -0.25) is 9.69 Å². The first kappa shape index (κ1) is 21.0. The van der Waals surface area contributed by atoms with Crippen LogP contribution in [-0.4, -0.2) is 52.4 Å². The molecule has 30 heavy (non-hydrogen) atoms. The van der Waals surface area contributed by atoms with Gasteiger partial charge in [0.15, 0.2) is 5.82 Å². The van der Waals surface area contributed by atoms with E-state index in [1.54, 1.807) is 0 Å². The molecule has 7 nitrogen and oxygen atoms in total. The van der Waals surface area contributed by atoms with E-state index in [4.69, 9.17) is 4.74 Å². The predicted octanol–water partition coefficient (Wildman–Crippen LogP) is 3.01. The van der Waals surface area contributed by atoms with Crippen molar-refractivity contribution in [2.24, 2.45) is 5.92 Å². The van der Waals surface area contributed by atoms with Crippen molar-refractivity contribution in [3.63, 3.8) is 0 Å². The summed E-state index contributed by atoms with van der Waals surface area (Å²) in [5.74, 6) is 1.91. The van der Waals surface area contributed by atoms with E-state index < -0.39 is 0 Å². The molecular weight excluding hydrogens is 398 g/mol. The number of amides is 1. The highest BCUT2D eigenvalue weighted by molar-refractivity contribution is 7.19. The number of ether oxygens (including phenoxy) is 1. The first-order chi connectivity index (χ1) is 14.5. The van der Waals surface area contributed by atoms with Crippen LogP contribution in [0.5, 0.6) is 0 Å². The summed E-state index contributed by atoms with van der Waals surface area (Å²) in [6.45, 7) is 7.88. The fraction of sp³-hybridized carbons (Fsp3) is 0.500. The van der Waals surface area contributed by atoms with Gasteiger partial charge in [0.05, 0.1) is 6.04 Å². The third-order valence-corrected chi connectivity index (χ3v) is 6.64. The van der Waals surface area contributed by atoms with Crippen molar-refractivity contribution in [1.82, 2.24) is 25.0 Å². The normalized spacial score (nSPS) is 15.9. The van der Waals surface area contributed by atoms with Crippen LogP contribution in [0, 0.1) is 5.92 Å². The Labute approximate surface area is 181 Å². The average Bonchev–Trinajstić information content (AvgIpc) is 3.25. The summed E-state index contributed by atoms with van der Waals surface area (Å²) in [6.07, 6.45) is 0.856. The van der Waals surface area contributed by atoms with E-state index in [0.717, 1.165) is 44.2 Å². The van der Waals surface area contributed by atoms with E-state index in [2.05, 4.69) is 69.2 Å². The van der Waals surface area contributed by atoms with Crippen LogP contribution in [0.4, 0.5) is 0 Å². The fourth-order valence-corrected chi connectivity index (χ4v) is 5.09. The summed E-state index contributed by atoms with van der Waals surface area (Å²) in [5.41, 5.74) is 0. The van der Waals surface area contributed by atoms with E-state index in [1.165, 1.54) is 22.1 Å². The van der Waals surface area contributed by atoms with Crippen molar-refractivity contribution in [2.75, 3.05) is 26.8 Å². The van der Waals surface area contributed by atoms with Gasteiger partial charge in [0.1, 0.15) is 12.4 Å². The Kier molecular flexibility index (Phi) is 6.46. The molecule has 0 unspecified atom stereocenters. The number of rotatable bonds is 7. The maximum absolute atomic E-state index is 12.1. The molecule has 0 saturated heterocycles. The molecule has 1 aromatic carbocycles. The van der Waals surface area contributed by atoms with E-state index >= 15 is 0 Å². The second-order valence-corrected chi connectivity index (χ2v) is 9.29. The second-order valence-electron chi connectivity index (χ2n) is 8.12. The Balaban J connectivity index is 1.47. The number of carbonyl (C=O) groups is 1. The van der Waals surface area contributed by atoms with Crippen LogP contribution in [0.25, 0.3) is 10.1 Å². The molecule has 0 spiro atoms. The molecule has 1 aliphatic heterocycles. The summed E-state index contributed by atoms with van der Waals surface area (Å²) in [7, 11) is 1.53. The van der Waals surface area contributed by atoms with Crippen LogP contribution >= 0.6 is 11.3 Å². The Morgan fingerprint density at radius 2 is 2.07 bits per heavy atom. The van der Waals surface area contributed by atoms with Crippen LogP contribution in [0.1, 0.15) is 36.4 Å². The van der Waals surface area contributed by atoms with Crippen molar-refractivity contribution in [1.29, 1.82) is 0 Å². The van der Waals surface area contributed by atoms with Gasteiger partial charge in [0.2, 0.25) is 5.91 Å². The van der Waals surface area contributed by atoms with Crippen LogP contribution < -0.4 is 5.32 Å². The molecular formula is C22H29N5O2S. The molecule has 0 fully saturated rings. The Hall–Kier alpha value is -2.29. The third kappa shape index (κ3) is 4.55. The van der Waals surface area contributed by atoms with E-state index in [-0.39, 0.29) is 24.5 Å². The molecule has 3 heterocycles. The minimum absolute atomic E-state index is 0.0488. The average molecular weight is 428 g/mol. The maximum Gasteiger partial charge on any atom is 0.246 e. The number of thiophene rings is 1. The smallest absolute Gasteiger partial charge is 0.246 e. The molecule has 8 heteroatoms. The van der Waals surface area contributed by atoms with Gasteiger partial charge < -0.3 is 14.6 Å². The monoisotopic (exact) mass is 427 g/mol. The predicted molar refractivity (Wildman–Crippen MR) is 118 cm³/mol. The molecule has 160 valence electrons. The number of benzene rings is 1. The molecule has 2 aromatic heterocycles. The molecule has 1 atom stereocenters.